The molecule has 1 fully saturated rings. The van der Waals surface area contributed by atoms with Crippen LogP contribution in [-0.2, 0) is 4.79 Å². The summed E-state index contributed by atoms with van der Waals surface area (Å²) in [5.41, 5.74) is 2.19. The predicted octanol–water partition coefficient (Wildman–Crippen LogP) is 2.68. The van der Waals surface area contributed by atoms with Crippen LogP contribution in [0.25, 0.3) is 11.1 Å². The maximum Gasteiger partial charge on any atom is 0.297 e. The number of oxazole rings is 1. The summed E-state index contributed by atoms with van der Waals surface area (Å²) >= 11 is 0. The molecule has 23 heavy (non-hydrogen) atoms. The van der Waals surface area contributed by atoms with Gasteiger partial charge in [0.2, 0.25) is 5.91 Å². The fourth-order valence-corrected chi connectivity index (χ4v) is 2.10. The largest absolute Gasteiger partial charge is 0.423 e. The number of nitrogens with zero attached hydrogens (tertiary/aromatic N) is 2. The number of halogens is 2. The number of carbonyl (C=O) groups is 1. The normalized spacial score (nSPS) is 13.1. The SMILES string of the molecule is CN(C)c1nc2cc(NC(=O)CNCC3CC3)ccc2o1.Cl.Cl. The average molecular weight is 361 g/mol. The van der Waals surface area contributed by atoms with E-state index in [1.54, 1.807) is 4.90 Å². The van der Waals surface area contributed by atoms with E-state index in [4.69, 9.17) is 4.42 Å². The minimum absolute atomic E-state index is 0. The molecule has 8 heteroatoms. The van der Waals surface area contributed by atoms with Crippen LogP contribution in [0.2, 0.25) is 0 Å². The number of hydrogen-bond acceptors (Lipinski definition) is 5. The lowest BCUT2D eigenvalue weighted by atomic mass is 10.3. The third kappa shape index (κ3) is 5.27. The molecule has 0 bridgehead atoms. The van der Waals surface area contributed by atoms with Gasteiger partial charge in [0.25, 0.3) is 6.01 Å². The van der Waals surface area contributed by atoms with Gasteiger partial charge in [-0.2, -0.15) is 4.98 Å². The molecule has 0 spiro atoms. The molecule has 2 N–H and O–H groups in total. The van der Waals surface area contributed by atoms with E-state index < -0.39 is 0 Å². The van der Waals surface area contributed by atoms with E-state index in [2.05, 4.69) is 15.6 Å². The molecular formula is C15H22Cl2N4O2. The van der Waals surface area contributed by atoms with Crippen molar-refractivity contribution in [2.75, 3.05) is 37.4 Å². The van der Waals surface area contributed by atoms with Crippen molar-refractivity contribution in [3.05, 3.63) is 18.2 Å². The van der Waals surface area contributed by atoms with E-state index in [1.165, 1.54) is 12.8 Å². The Morgan fingerprint density at radius 1 is 1.35 bits per heavy atom. The molecule has 0 unspecified atom stereocenters. The van der Waals surface area contributed by atoms with Crippen molar-refractivity contribution >= 4 is 53.5 Å². The Kier molecular flexibility index (Phi) is 7.12. The summed E-state index contributed by atoms with van der Waals surface area (Å²) in [5.74, 6) is 0.736. The van der Waals surface area contributed by atoms with E-state index in [-0.39, 0.29) is 30.7 Å². The standard InChI is InChI=1S/C15H20N4O2.2ClH/c1-19(2)15-18-12-7-11(5-6-13(12)21-15)17-14(20)9-16-8-10-3-4-10;;/h5-7,10,16H,3-4,8-9H2,1-2H3,(H,17,20);2*1H. The highest BCUT2D eigenvalue weighted by molar-refractivity contribution is 5.94. The summed E-state index contributed by atoms with van der Waals surface area (Å²) in [6.45, 7) is 1.28. The smallest absolute Gasteiger partial charge is 0.297 e. The van der Waals surface area contributed by atoms with E-state index in [1.807, 2.05) is 32.3 Å². The fourth-order valence-electron chi connectivity index (χ4n) is 2.10. The number of rotatable bonds is 6. The van der Waals surface area contributed by atoms with Gasteiger partial charge in [-0.25, -0.2) is 0 Å². The number of carbonyl (C=O) groups excluding carboxylic acids is 1. The maximum absolute atomic E-state index is 11.8. The Labute approximate surface area is 147 Å². The van der Waals surface area contributed by atoms with Gasteiger partial charge in [-0.3, -0.25) is 4.79 Å². The molecule has 1 aromatic heterocycles. The molecule has 128 valence electrons. The molecule has 0 saturated heterocycles. The molecule has 0 radical (unpaired) electrons. The Morgan fingerprint density at radius 3 is 2.74 bits per heavy atom. The van der Waals surface area contributed by atoms with Crippen LogP contribution < -0.4 is 15.5 Å². The van der Waals surface area contributed by atoms with Gasteiger partial charge in [0.05, 0.1) is 6.54 Å². The first-order chi connectivity index (χ1) is 10.1. The lowest BCUT2D eigenvalue weighted by Gasteiger charge is -2.05. The summed E-state index contributed by atoms with van der Waals surface area (Å²) < 4.78 is 5.58. The zero-order valence-electron chi connectivity index (χ0n) is 13.2. The lowest BCUT2D eigenvalue weighted by Crippen LogP contribution is -2.29. The molecule has 3 rings (SSSR count). The van der Waals surface area contributed by atoms with Crippen LogP contribution in [0.4, 0.5) is 11.7 Å². The number of amides is 1. The first-order valence-electron chi connectivity index (χ1n) is 7.20. The van der Waals surface area contributed by atoms with Crippen molar-refractivity contribution in [3.8, 4) is 0 Å². The first-order valence-corrected chi connectivity index (χ1v) is 7.20. The molecule has 1 aromatic carbocycles. The lowest BCUT2D eigenvalue weighted by molar-refractivity contribution is -0.115. The molecule has 1 aliphatic carbocycles. The van der Waals surface area contributed by atoms with Gasteiger partial charge >= 0.3 is 0 Å². The molecule has 1 saturated carbocycles. The Morgan fingerprint density at radius 2 is 2.09 bits per heavy atom. The molecule has 0 atom stereocenters. The van der Waals surface area contributed by atoms with E-state index in [0.29, 0.717) is 18.1 Å². The van der Waals surface area contributed by atoms with E-state index >= 15 is 0 Å². The minimum atomic E-state index is -0.0358. The van der Waals surface area contributed by atoms with Crippen LogP contribution in [0.5, 0.6) is 0 Å². The second kappa shape index (κ2) is 8.38. The highest BCUT2D eigenvalue weighted by Gasteiger charge is 2.20. The van der Waals surface area contributed by atoms with Crippen LogP contribution in [-0.4, -0.2) is 38.1 Å². The summed E-state index contributed by atoms with van der Waals surface area (Å²) in [6, 6.07) is 6.03. The molecule has 6 nitrogen and oxygen atoms in total. The number of benzene rings is 1. The van der Waals surface area contributed by atoms with Gasteiger partial charge in [0.1, 0.15) is 5.52 Å². The highest BCUT2D eigenvalue weighted by atomic mass is 35.5. The number of anilines is 2. The molecule has 1 aliphatic rings. The zero-order chi connectivity index (χ0) is 14.8. The van der Waals surface area contributed by atoms with Crippen molar-refractivity contribution in [1.29, 1.82) is 0 Å². The quantitative estimate of drug-likeness (QED) is 0.828. The monoisotopic (exact) mass is 360 g/mol. The predicted molar refractivity (Wildman–Crippen MR) is 97.1 cm³/mol. The van der Waals surface area contributed by atoms with Crippen LogP contribution >= 0.6 is 24.8 Å². The number of aromatic nitrogens is 1. The van der Waals surface area contributed by atoms with E-state index in [9.17, 15) is 4.79 Å². The fraction of sp³-hybridized carbons (Fsp3) is 0.467. The number of nitrogens with one attached hydrogen (secondary N) is 2. The summed E-state index contributed by atoms with van der Waals surface area (Å²) in [7, 11) is 3.75. The van der Waals surface area contributed by atoms with Crippen molar-refractivity contribution in [2.24, 2.45) is 5.92 Å². The zero-order valence-corrected chi connectivity index (χ0v) is 14.8. The molecule has 1 heterocycles. The topological polar surface area (TPSA) is 70.4 Å². The summed E-state index contributed by atoms with van der Waals surface area (Å²) in [6.07, 6.45) is 2.57. The summed E-state index contributed by atoms with van der Waals surface area (Å²) in [5, 5.41) is 6.04. The second-order valence-electron chi connectivity index (χ2n) is 5.70. The van der Waals surface area contributed by atoms with Crippen LogP contribution in [0.15, 0.2) is 22.6 Å². The van der Waals surface area contributed by atoms with Crippen LogP contribution in [0.3, 0.4) is 0 Å². The van der Waals surface area contributed by atoms with Gasteiger partial charge in [-0.05, 0) is 43.5 Å². The van der Waals surface area contributed by atoms with Gasteiger partial charge in [0, 0.05) is 19.8 Å². The van der Waals surface area contributed by atoms with E-state index in [0.717, 1.165) is 23.7 Å². The average Bonchev–Trinajstić information content (AvgIpc) is 3.15. The van der Waals surface area contributed by atoms with Crippen LogP contribution in [0.1, 0.15) is 12.8 Å². The van der Waals surface area contributed by atoms with Gasteiger partial charge < -0.3 is 20.0 Å². The van der Waals surface area contributed by atoms with Gasteiger partial charge in [-0.15, -0.1) is 24.8 Å². The van der Waals surface area contributed by atoms with Crippen molar-refractivity contribution < 1.29 is 9.21 Å². The van der Waals surface area contributed by atoms with Crippen LogP contribution in [0, 0.1) is 5.92 Å². The van der Waals surface area contributed by atoms with Gasteiger partial charge in [-0.1, -0.05) is 0 Å². The Balaban J connectivity index is 0.00000132. The molecule has 2 aromatic rings. The number of hydrogen-bond donors (Lipinski definition) is 2. The van der Waals surface area contributed by atoms with Crippen molar-refractivity contribution in [3.63, 3.8) is 0 Å². The Hall–Kier alpha value is -1.50. The third-order valence-electron chi connectivity index (χ3n) is 3.46. The minimum Gasteiger partial charge on any atom is -0.423 e. The molecule has 0 aliphatic heterocycles. The summed E-state index contributed by atoms with van der Waals surface area (Å²) in [4.78, 5) is 18.0. The number of fused-ring (bicyclic) bond motifs is 1. The molecule has 1 amide bonds. The van der Waals surface area contributed by atoms with Crippen molar-refractivity contribution in [1.82, 2.24) is 10.3 Å². The highest BCUT2D eigenvalue weighted by Crippen LogP contribution is 2.27. The maximum atomic E-state index is 11.8. The first kappa shape index (κ1) is 19.5. The third-order valence-corrected chi connectivity index (χ3v) is 3.46. The van der Waals surface area contributed by atoms with Crippen molar-refractivity contribution in [2.45, 2.75) is 12.8 Å². The molecular weight excluding hydrogens is 339 g/mol. The van der Waals surface area contributed by atoms with Gasteiger partial charge in [0.15, 0.2) is 5.58 Å². The Bertz CT molecular complexity index is 656. The second-order valence-corrected chi connectivity index (χ2v) is 5.70.